The first-order valence-corrected chi connectivity index (χ1v) is 17.2. The van der Waals surface area contributed by atoms with Gasteiger partial charge in [0.15, 0.2) is 0 Å². The second-order valence-corrected chi connectivity index (χ2v) is 13.7. The number of nitrogens with zero attached hydrogens (tertiary/aromatic N) is 3. The Balaban J connectivity index is 1.14. The molecule has 1 unspecified atom stereocenters. The number of halogens is 1. The van der Waals surface area contributed by atoms with Crippen molar-refractivity contribution in [2.24, 2.45) is 5.73 Å². The lowest BCUT2D eigenvalue weighted by molar-refractivity contribution is -0.123. The quantitative estimate of drug-likeness (QED) is 0.181. The molecular weight excluding hydrogens is 652 g/mol. The third-order valence-electron chi connectivity index (χ3n) is 9.97. The number of hydrogen-bond donors (Lipinski definition) is 4. The molecule has 0 spiro atoms. The van der Waals surface area contributed by atoms with E-state index in [1.807, 2.05) is 48.3 Å². The molecule has 11 heteroatoms. The van der Waals surface area contributed by atoms with Gasteiger partial charge in [-0.05, 0) is 84.3 Å². The number of carbonyl (C=O) groups excluding carboxylic acids is 2. The lowest BCUT2D eigenvalue weighted by atomic mass is 9.91. The molecule has 10 nitrogen and oxygen atoms in total. The molecule has 3 heterocycles. The molecule has 3 aromatic carbocycles. The van der Waals surface area contributed by atoms with Crippen molar-refractivity contribution in [3.63, 3.8) is 0 Å². The summed E-state index contributed by atoms with van der Waals surface area (Å²) in [5.41, 5.74) is 15.8. The summed E-state index contributed by atoms with van der Waals surface area (Å²) >= 11 is 7.18. The van der Waals surface area contributed by atoms with Gasteiger partial charge in [0.1, 0.15) is 11.7 Å². The van der Waals surface area contributed by atoms with Crippen LogP contribution in [0.15, 0.2) is 83.9 Å². The molecule has 2 aromatic heterocycles. The van der Waals surface area contributed by atoms with Gasteiger partial charge >= 0.3 is 0 Å². The standard InChI is InChI=1S/C39H39ClN6O4/c1-22-29(25-13-14-46-35(18-25)42-19-27(39(46)50)20-45(2)34-11-12-36(48)44-34)5-3-6-30(22)32-8-4-7-31(37(32)40)24-10-9-23-16-28(17-26(23)15-24)43-38(49)33(41)21-47/h3-10,13-15,18-19,28,33-34,47H,11-12,16-17,20-21,41H2,1-2H3,(H,43,49)(H,44,48)/t28?,33-,34-/m0/s1. The van der Waals surface area contributed by atoms with Crippen LogP contribution < -0.4 is 21.9 Å². The van der Waals surface area contributed by atoms with E-state index in [1.54, 1.807) is 16.8 Å². The molecule has 2 amide bonds. The topological polar surface area (TPSA) is 142 Å². The van der Waals surface area contributed by atoms with Gasteiger partial charge < -0.3 is 21.5 Å². The fourth-order valence-electron chi connectivity index (χ4n) is 7.18. The van der Waals surface area contributed by atoms with E-state index in [4.69, 9.17) is 17.3 Å². The Morgan fingerprint density at radius 1 is 1.04 bits per heavy atom. The van der Waals surface area contributed by atoms with Crippen LogP contribution in [0, 0.1) is 6.92 Å². The Labute approximate surface area is 294 Å². The maximum atomic E-state index is 13.4. The molecule has 2 aliphatic rings. The zero-order valence-electron chi connectivity index (χ0n) is 27.9. The van der Waals surface area contributed by atoms with Crippen molar-refractivity contribution in [3.8, 4) is 33.4 Å². The van der Waals surface area contributed by atoms with Crippen molar-refractivity contribution < 1.29 is 14.7 Å². The van der Waals surface area contributed by atoms with Crippen LogP contribution in [0.4, 0.5) is 0 Å². The molecule has 3 atom stereocenters. The molecule has 256 valence electrons. The molecule has 1 fully saturated rings. The van der Waals surface area contributed by atoms with E-state index in [0.717, 1.165) is 50.9 Å². The van der Waals surface area contributed by atoms with E-state index >= 15 is 0 Å². The van der Waals surface area contributed by atoms with Gasteiger partial charge in [-0.15, -0.1) is 0 Å². The van der Waals surface area contributed by atoms with Gasteiger partial charge in [0.2, 0.25) is 11.8 Å². The van der Waals surface area contributed by atoms with E-state index in [2.05, 4.69) is 52.9 Å². The van der Waals surface area contributed by atoms with Crippen LogP contribution in [0.1, 0.15) is 35.1 Å². The predicted octanol–water partition coefficient (Wildman–Crippen LogP) is 4.23. The Kier molecular flexibility index (Phi) is 9.28. The zero-order valence-corrected chi connectivity index (χ0v) is 28.7. The number of aromatic nitrogens is 2. The Morgan fingerprint density at radius 2 is 1.76 bits per heavy atom. The van der Waals surface area contributed by atoms with Crippen molar-refractivity contribution in [2.45, 2.75) is 57.4 Å². The maximum absolute atomic E-state index is 13.4. The molecular formula is C39H39ClN6O4. The fourth-order valence-corrected chi connectivity index (χ4v) is 7.52. The Hall–Kier alpha value is -4.87. The highest BCUT2D eigenvalue weighted by atomic mass is 35.5. The second kappa shape index (κ2) is 13.8. The van der Waals surface area contributed by atoms with E-state index in [1.165, 1.54) is 5.56 Å². The van der Waals surface area contributed by atoms with Crippen molar-refractivity contribution in [2.75, 3.05) is 13.7 Å². The molecule has 5 N–H and O–H groups in total. The number of pyridine rings is 1. The van der Waals surface area contributed by atoms with Gasteiger partial charge in [-0.3, -0.25) is 23.7 Å². The molecule has 50 heavy (non-hydrogen) atoms. The number of benzene rings is 3. The van der Waals surface area contributed by atoms with Crippen LogP contribution in [0.3, 0.4) is 0 Å². The summed E-state index contributed by atoms with van der Waals surface area (Å²) in [6.07, 6.45) is 5.91. The van der Waals surface area contributed by atoms with E-state index in [9.17, 15) is 19.5 Å². The van der Waals surface area contributed by atoms with Crippen molar-refractivity contribution in [1.82, 2.24) is 24.9 Å². The first-order valence-electron chi connectivity index (χ1n) is 16.8. The van der Waals surface area contributed by atoms with E-state index in [-0.39, 0.29) is 29.6 Å². The summed E-state index contributed by atoms with van der Waals surface area (Å²) in [5, 5.41) is 15.8. The number of nitrogens with one attached hydrogen (secondary N) is 2. The predicted molar refractivity (Wildman–Crippen MR) is 195 cm³/mol. The molecule has 1 aliphatic carbocycles. The van der Waals surface area contributed by atoms with Gasteiger partial charge in [-0.25, -0.2) is 4.98 Å². The second-order valence-electron chi connectivity index (χ2n) is 13.3. The first-order chi connectivity index (χ1) is 24.1. The highest BCUT2D eigenvalue weighted by Gasteiger charge is 2.27. The monoisotopic (exact) mass is 690 g/mol. The van der Waals surface area contributed by atoms with Crippen LogP contribution in [-0.2, 0) is 29.0 Å². The van der Waals surface area contributed by atoms with Gasteiger partial charge in [0, 0.05) is 42.5 Å². The number of fused-ring (bicyclic) bond motifs is 2. The largest absolute Gasteiger partial charge is 0.394 e. The number of amides is 2. The minimum Gasteiger partial charge on any atom is -0.394 e. The smallest absolute Gasteiger partial charge is 0.262 e. The summed E-state index contributed by atoms with van der Waals surface area (Å²) in [7, 11) is 1.90. The minimum atomic E-state index is -0.930. The molecule has 1 aliphatic heterocycles. The SMILES string of the molecule is Cc1c(-c2ccn3c(=O)c(CN(C)[C@H]4CCC(=O)N4)cnc3c2)cccc1-c1cccc(-c2ccc3c(c2)CC(NC(=O)[C@@H](N)CO)C3)c1Cl. The van der Waals surface area contributed by atoms with Crippen molar-refractivity contribution in [1.29, 1.82) is 0 Å². The lowest BCUT2D eigenvalue weighted by Gasteiger charge is -2.23. The number of nitrogens with two attached hydrogens (primary N) is 1. The molecule has 0 bridgehead atoms. The normalized spacial score (nSPS) is 17.6. The molecule has 0 radical (unpaired) electrons. The molecule has 1 saturated heterocycles. The van der Waals surface area contributed by atoms with Crippen LogP contribution in [0.2, 0.25) is 5.02 Å². The van der Waals surface area contributed by atoms with Crippen molar-refractivity contribution >= 4 is 29.1 Å². The number of carbonyl (C=O) groups is 2. The zero-order chi connectivity index (χ0) is 35.1. The number of hydrogen-bond acceptors (Lipinski definition) is 7. The average Bonchev–Trinajstić information content (AvgIpc) is 3.74. The number of aliphatic hydroxyl groups is 1. The summed E-state index contributed by atoms with van der Waals surface area (Å²) in [4.78, 5) is 43.9. The molecule has 7 rings (SSSR count). The maximum Gasteiger partial charge on any atom is 0.262 e. The summed E-state index contributed by atoms with van der Waals surface area (Å²) in [5.74, 6) is -0.320. The van der Waals surface area contributed by atoms with Gasteiger partial charge in [-0.1, -0.05) is 66.2 Å². The third-order valence-corrected chi connectivity index (χ3v) is 10.4. The van der Waals surface area contributed by atoms with Crippen LogP contribution in [-0.4, -0.2) is 63.1 Å². The van der Waals surface area contributed by atoms with Crippen LogP contribution in [0.5, 0.6) is 0 Å². The highest BCUT2D eigenvalue weighted by molar-refractivity contribution is 6.36. The summed E-state index contributed by atoms with van der Waals surface area (Å²) in [6, 6.07) is 21.3. The van der Waals surface area contributed by atoms with E-state index in [0.29, 0.717) is 42.0 Å². The van der Waals surface area contributed by atoms with Gasteiger partial charge in [-0.2, -0.15) is 0 Å². The Morgan fingerprint density at radius 3 is 2.52 bits per heavy atom. The fraction of sp³-hybridized carbons (Fsp3) is 0.282. The van der Waals surface area contributed by atoms with Gasteiger partial charge in [0.25, 0.3) is 5.56 Å². The first kappa shape index (κ1) is 33.6. The van der Waals surface area contributed by atoms with Crippen molar-refractivity contribution in [3.05, 3.63) is 117 Å². The lowest BCUT2D eigenvalue weighted by Crippen LogP contribution is -2.47. The summed E-state index contributed by atoms with van der Waals surface area (Å²) in [6.45, 7) is 2.06. The van der Waals surface area contributed by atoms with Crippen LogP contribution in [0.25, 0.3) is 39.0 Å². The summed E-state index contributed by atoms with van der Waals surface area (Å²) < 4.78 is 1.57. The number of rotatable bonds is 9. The Bertz CT molecular complexity index is 2200. The minimum absolute atomic E-state index is 0.0290. The number of aliphatic hydroxyl groups excluding tert-OH is 1. The third kappa shape index (κ3) is 6.43. The average molecular weight is 691 g/mol. The highest BCUT2D eigenvalue weighted by Crippen LogP contribution is 2.41. The van der Waals surface area contributed by atoms with Gasteiger partial charge in [0.05, 0.1) is 23.4 Å². The van der Waals surface area contributed by atoms with Crippen LogP contribution >= 0.6 is 11.6 Å². The van der Waals surface area contributed by atoms with E-state index < -0.39 is 12.6 Å². The molecule has 5 aromatic rings. The molecule has 0 saturated carbocycles.